The smallest absolute Gasteiger partial charge is 0.269 e. The van der Waals surface area contributed by atoms with Gasteiger partial charge in [0.1, 0.15) is 0 Å². The molecule has 2 aromatic rings. The van der Waals surface area contributed by atoms with Crippen molar-refractivity contribution in [2.24, 2.45) is 0 Å². The molecule has 0 saturated heterocycles. The number of hydrogen-bond acceptors (Lipinski definition) is 3. The molecule has 21 heavy (non-hydrogen) atoms. The minimum Gasteiger partial charge on any atom is -0.352 e. The molecule has 0 saturated carbocycles. The van der Waals surface area contributed by atoms with Gasteiger partial charge in [0.25, 0.3) is 11.6 Å². The number of amides is 1. The quantitative estimate of drug-likeness (QED) is 0.665. The van der Waals surface area contributed by atoms with Gasteiger partial charge in [-0.3, -0.25) is 14.9 Å². The van der Waals surface area contributed by atoms with Crippen LogP contribution in [0.15, 0.2) is 53.0 Å². The number of non-ortho nitro benzene ring substituents is 1. The van der Waals surface area contributed by atoms with E-state index in [-0.39, 0.29) is 11.6 Å². The first-order valence-corrected chi connectivity index (χ1v) is 7.13. The van der Waals surface area contributed by atoms with E-state index in [1.54, 1.807) is 24.3 Å². The maximum Gasteiger partial charge on any atom is 0.269 e. The minimum atomic E-state index is -0.432. The second-order valence-electron chi connectivity index (χ2n) is 4.41. The van der Waals surface area contributed by atoms with Crippen LogP contribution in [-0.4, -0.2) is 17.4 Å². The number of nitro benzene ring substituents is 1. The van der Waals surface area contributed by atoms with E-state index in [0.29, 0.717) is 18.5 Å². The largest absolute Gasteiger partial charge is 0.352 e. The van der Waals surface area contributed by atoms with Crippen molar-refractivity contribution in [2.45, 2.75) is 6.42 Å². The Labute approximate surface area is 130 Å². The molecule has 0 aliphatic rings. The van der Waals surface area contributed by atoms with E-state index in [1.165, 1.54) is 12.1 Å². The second-order valence-corrected chi connectivity index (χ2v) is 5.26. The van der Waals surface area contributed by atoms with Crippen LogP contribution in [0.25, 0.3) is 0 Å². The number of benzene rings is 2. The molecule has 0 spiro atoms. The molecule has 108 valence electrons. The van der Waals surface area contributed by atoms with Gasteiger partial charge in [-0.1, -0.05) is 24.3 Å². The zero-order chi connectivity index (χ0) is 15.2. The van der Waals surface area contributed by atoms with E-state index in [9.17, 15) is 14.9 Å². The molecule has 0 fully saturated rings. The maximum atomic E-state index is 12.0. The SMILES string of the molecule is O=C(NCCc1ccc([N+](=O)[O-])cc1)c1ccccc1Br. The van der Waals surface area contributed by atoms with Crippen molar-refractivity contribution < 1.29 is 9.72 Å². The van der Waals surface area contributed by atoms with Gasteiger partial charge in [-0.2, -0.15) is 0 Å². The summed E-state index contributed by atoms with van der Waals surface area (Å²) < 4.78 is 0.748. The van der Waals surface area contributed by atoms with Crippen molar-refractivity contribution in [3.63, 3.8) is 0 Å². The summed E-state index contributed by atoms with van der Waals surface area (Å²) in [6.07, 6.45) is 0.619. The molecule has 0 radical (unpaired) electrons. The molecule has 2 rings (SSSR count). The summed E-state index contributed by atoms with van der Waals surface area (Å²) in [5, 5.41) is 13.4. The van der Waals surface area contributed by atoms with E-state index < -0.39 is 4.92 Å². The molecule has 1 N–H and O–H groups in total. The number of nitrogens with one attached hydrogen (secondary N) is 1. The van der Waals surface area contributed by atoms with Gasteiger partial charge in [0.2, 0.25) is 0 Å². The molecule has 0 unspecified atom stereocenters. The molecule has 6 heteroatoms. The third kappa shape index (κ3) is 4.13. The van der Waals surface area contributed by atoms with Gasteiger partial charge in [-0.05, 0) is 40.0 Å². The van der Waals surface area contributed by atoms with Crippen molar-refractivity contribution in [3.8, 4) is 0 Å². The standard InChI is InChI=1S/C15H13BrN2O3/c16-14-4-2-1-3-13(14)15(19)17-10-9-11-5-7-12(8-6-11)18(20)21/h1-8H,9-10H2,(H,17,19). The van der Waals surface area contributed by atoms with Crippen molar-refractivity contribution in [1.82, 2.24) is 5.32 Å². The van der Waals surface area contributed by atoms with E-state index in [0.717, 1.165) is 10.0 Å². The molecule has 0 atom stereocenters. The predicted octanol–water partition coefficient (Wildman–Crippen LogP) is 3.33. The molecule has 2 aromatic carbocycles. The van der Waals surface area contributed by atoms with Gasteiger partial charge in [-0.25, -0.2) is 0 Å². The monoisotopic (exact) mass is 348 g/mol. The van der Waals surface area contributed by atoms with E-state index in [2.05, 4.69) is 21.2 Å². The number of nitrogens with zero attached hydrogens (tertiary/aromatic N) is 1. The zero-order valence-corrected chi connectivity index (χ0v) is 12.7. The Bertz CT molecular complexity index is 656. The number of nitro groups is 1. The summed E-state index contributed by atoms with van der Waals surface area (Å²) in [5.41, 5.74) is 1.59. The average molecular weight is 349 g/mol. The van der Waals surface area contributed by atoms with Crippen LogP contribution < -0.4 is 5.32 Å². The highest BCUT2D eigenvalue weighted by Crippen LogP contribution is 2.15. The molecule has 0 aromatic heterocycles. The predicted molar refractivity (Wildman–Crippen MR) is 83.3 cm³/mol. The van der Waals surface area contributed by atoms with Gasteiger partial charge in [0, 0.05) is 23.2 Å². The first-order chi connectivity index (χ1) is 10.1. The lowest BCUT2D eigenvalue weighted by Gasteiger charge is -2.06. The Morgan fingerprint density at radius 3 is 2.43 bits per heavy atom. The number of rotatable bonds is 5. The van der Waals surface area contributed by atoms with Crippen LogP contribution >= 0.6 is 15.9 Å². The Balaban J connectivity index is 1.88. The maximum absolute atomic E-state index is 12.0. The lowest BCUT2D eigenvalue weighted by Crippen LogP contribution is -2.25. The summed E-state index contributed by atoms with van der Waals surface area (Å²) >= 11 is 3.33. The Kier molecular flexibility index (Phi) is 5.05. The zero-order valence-electron chi connectivity index (χ0n) is 11.1. The van der Waals surface area contributed by atoms with Crippen LogP contribution in [0.1, 0.15) is 15.9 Å². The third-order valence-corrected chi connectivity index (χ3v) is 3.66. The molecule has 0 bridgehead atoms. The van der Waals surface area contributed by atoms with Gasteiger partial charge < -0.3 is 5.32 Å². The van der Waals surface area contributed by atoms with Gasteiger partial charge in [-0.15, -0.1) is 0 Å². The molecule has 5 nitrogen and oxygen atoms in total. The normalized spacial score (nSPS) is 10.1. The van der Waals surface area contributed by atoms with Crippen LogP contribution in [0, 0.1) is 10.1 Å². The second kappa shape index (κ2) is 6.99. The van der Waals surface area contributed by atoms with Crippen LogP contribution in [-0.2, 0) is 6.42 Å². The molecule has 0 aliphatic heterocycles. The molecule has 0 aliphatic carbocycles. The van der Waals surface area contributed by atoms with Crippen LogP contribution in [0.4, 0.5) is 5.69 Å². The van der Waals surface area contributed by atoms with Gasteiger partial charge >= 0.3 is 0 Å². The summed E-state index contributed by atoms with van der Waals surface area (Å²) in [5.74, 6) is -0.149. The molecular weight excluding hydrogens is 336 g/mol. The molecule has 0 heterocycles. The molecule has 1 amide bonds. The number of halogens is 1. The summed E-state index contributed by atoms with van der Waals surface area (Å²) in [7, 11) is 0. The summed E-state index contributed by atoms with van der Waals surface area (Å²) in [6, 6.07) is 13.5. The molecular formula is C15H13BrN2O3. The summed E-state index contributed by atoms with van der Waals surface area (Å²) in [6.45, 7) is 0.470. The van der Waals surface area contributed by atoms with Crippen molar-refractivity contribution >= 4 is 27.5 Å². The summed E-state index contributed by atoms with van der Waals surface area (Å²) in [4.78, 5) is 22.1. The third-order valence-electron chi connectivity index (χ3n) is 2.96. The highest BCUT2D eigenvalue weighted by molar-refractivity contribution is 9.10. The topological polar surface area (TPSA) is 72.2 Å². The minimum absolute atomic E-state index is 0.0657. The van der Waals surface area contributed by atoms with Crippen LogP contribution in [0.3, 0.4) is 0 Å². The average Bonchev–Trinajstić information content (AvgIpc) is 2.48. The van der Waals surface area contributed by atoms with Crippen molar-refractivity contribution in [1.29, 1.82) is 0 Å². The van der Waals surface area contributed by atoms with Crippen molar-refractivity contribution in [3.05, 3.63) is 74.2 Å². The fourth-order valence-corrected chi connectivity index (χ4v) is 2.31. The first kappa shape index (κ1) is 15.2. The van der Waals surface area contributed by atoms with Crippen LogP contribution in [0.2, 0.25) is 0 Å². The fourth-order valence-electron chi connectivity index (χ4n) is 1.85. The Morgan fingerprint density at radius 1 is 1.14 bits per heavy atom. The number of carbonyl (C=O) groups is 1. The lowest BCUT2D eigenvalue weighted by atomic mass is 10.1. The van der Waals surface area contributed by atoms with E-state index in [1.807, 2.05) is 12.1 Å². The number of carbonyl (C=O) groups excluding carboxylic acids is 1. The van der Waals surface area contributed by atoms with Crippen LogP contribution in [0.5, 0.6) is 0 Å². The highest BCUT2D eigenvalue weighted by Gasteiger charge is 2.08. The first-order valence-electron chi connectivity index (χ1n) is 6.34. The fraction of sp³-hybridized carbons (Fsp3) is 0.133. The Morgan fingerprint density at radius 2 is 1.81 bits per heavy atom. The van der Waals surface area contributed by atoms with Gasteiger partial charge in [0.05, 0.1) is 10.5 Å². The lowest BCUT2D eigenvalue weighted by molar-refractivity contribution is -0.384. The van der Waals surface area contributed by atoms with E-state index >= 15 is 0 Å². The Hall–Kier alpha value is -2.21. The van der Waals surface area contributed by atoms with Gasteiger partial charge in [0.15, 0.2) is 0 Å². The highest BCUT2D eigenvalue weighted by atomic mass is 79.9. The van der Waals surface area contributed by atoms with E-state index in [4.69, 9.17) is 0 Å². The number of hydrogen-bond donors (Lipinski definition) is 1. The van der Waals surface area contributed by atoms with Crippen molar-refractivity contribution in [2.75, 3.05) is 6.54 Å².